The summed E-state index contributed by atoms with van der Waals surface area (Å²) in [6, 6.07) is 26.5. The van der Waals surface area contributed by atoms with Gasteiger partial charge in [0, 0.05) is 18.5 Å². The molecule has 0 bridgehead atoms. The molecule has 0 radical (unpaired) electrons. The van der Waals surface area contributed by atoms with Crippen LogP contribution in [0.3, 0.4) is 0 Å². The third-order valence-electron chi connectivity index (χ3n) is 7.04. The Morgan fingerprint density at radius 1 is 0.844 bits per heavy atom. The number of amides is 2. The van der Waals surface area contributed by atoms with Crippen LogP contribution in [-0.2, 0) is 32.6 Å². The minimum Gasteiger partial charge on any atom is -0.350 e. The number of nitrogens with zero attached hydrogens (tertiary/aromatic N) is 2. The maximum atomic E-state index is 14.5. The van der Waals surface area contributed by atoms with Crippen molar-refractivity contribution in [2.75, 3.05) is 10.8 Å². The Kier molecular flexibility index (Phi) is 10.7. The van der Waals surface area contributed by atoms with Gasteiger partial charge in [-0.3, -0.25) is 13.9 Å². The molecular weight excluding hydrogens is 613 g/mol. The van der Waals surface area contributed by atoms with E-state index in [2.05, 4.69) is 5.32 Å². The number of halogens is 2. The zero-order valence-electron chi connectivity index (χ0n) is 25.7. The van der Waals surface area contributed by atoms with E-state index >= 15 is 0 Å². The number of hydrogen-bond donors (Lipinski definition) is 1. The zero-order chi connectivity index (χ0) is 32.8. The molecule has 0 aliphatic rings. The highest BCUT2D eigenvalue weighted by atomic mass is 35.5. The van der Waals surface area contributed by atoms with E-state index in [0.717, 1.165) is 15.4 Å². The van der Waals surface area contributed by atoms with Crippen LogP contribution in [0, 0.1) is 12.7 Å². The predicted molar refractivity (Wildman–Crippen MR) is 176 cm³/mol. The topological polar surface area (TPSA) is 86.8 Å². The van der Waals surface area contributed by atoms with Crippen LogP contribution in [0.25, 0.3) is 0 Å². The first-order valence-corrected chi connectivity index (χ1v) is 16.3. The summed E-state index contributed by atoms with van der Waals surface area (Å²) in [5, 5.41) is 3.12. The van der Waals surface area contributed by atoms with E-state index in [1.807, 2.05) is 58.0 Å². The number of aryl methyl sites for hydroxylation is 1. The molecule has 1 atom stereocenters. The van der Waals surface area contributed by atoms with Crippen molar-refractivity contribution >= 4 is 39.1 Å². The van der Waals surface area contributed by atoms with Crippen molar-refractivity contribution in [3.63, 3.8) is 0 Å². The molecule has 0 aliphatic carbocycles. The van der Waals surface area contributed by atoms with Crippen LogP contribution in [0.15, 0.2) is 108 Å². The van der Waals surface area contributed by atoms with E-state index in [1.165, 1.54) is 47.4 Å². The number of nitrogens with one attached hydrogen (secondary N) is 1. The van der Waals surface area contributed by atoms with Crippen molar-refractivity contribution in [3.05, 3.63) is 131 Å². The van der Waals surface area contributed by atoms with E-state index < -0.39 is 45.8 Å². The second-order valence-corrected chi connectivity index (χ2v) is 14.1. The zero-order valence-corrected chi connectivity index (χ0v) is 27.3. The second-order valence-electron chi connectivity index (χ2n) is 11.9. The van der Waals surface area contributed by atoms with Gasteiger partial charge in [-0.2, -0.15) is 0 Å². The van der Waals surface area contributed by atoms with Gasteiger partial charge in [-0.15, -0.1) is 0 Å². The molecule has 236 valence electrons. The molecule has 0 spiro atoms. The highest BCUT2D eigenvalue weighted by molar-refractivity contribution is 7.92. The number of anilines is 1. The third kappa shape index (κ3) is 8.93. The molecule has 10 heteroatoms. The summed E-state index contributed by atoms with van der Waals surface area (Å²) in [7, 11) is -4.28. The number of carbonyl (C=O) groups excluding carboxylic acids is 2. The lowest BCUT2D eigenvalue weighted by Gasteiger charge is -2.35. The lowest BCUT2D eigenvalue weighted by Crippen LogP contribution is -2.56. The number of benzene rings is 4. The van der Waals surface area contributed by atoms with E-state index in [-0.39, 0.29) is 28.6 Å². The van der Waals surface area contributed by atoms with E-state index in [1.54, 1.807) is 30.3 Å². The minimum absolute atomic E-state index is 0.0165. The number of hydrogen-bond acceptors (Lipinski definition) is 4. The van der Waals surface area contributed by atoms with Crippen molar-refractivity contribution in [2.45, 2.75) is 57.1 Å². The Morgan fingerprint density at radius 2 is 1.44 bits per heavy atom. The van der Waals surface area contributed by atoms with Crippen molar-refractivity contribution in [1.29, 1.82) is 0 Å². The van der Waals surface area contributed by atoms with Crippen LogP contribution in [0.4, 0.5) is 10.1 Å². The van der Waals surface area contributed by atoms with Crippen molar-refractivity contribution in [3.8, 4) is 0 Å². The first-order chi connectivity index (χ1) is 21.2. The molecule has 0 heterocycles. The van der Waals surface area contributed by atoms with Gasteiger partial charge in [0.2, 0.25) is 11.8 Å². The molecule has 0 saturated carbocycles. The number of rotatable bonds is 11. The van der Waals surface area contributed by atoms with Crippen LogP contribution in [0.5, 0.6) is 0 Å². The van der Waals surface area contributed by atoms with Gasteiger partial charge in [0.05, 0.1) is 15.6 Å². The standard InChI is InChI=1S/C35H37ClFN3O4S/c1-25-14-20-29(21-15-25)45(43,44)40(31-13-9-8-12-30(31)36)24-33(41)39(23-27-16-18-28(37)19-17-27)32(34(42)38-35(2,3)4)22-26-10-6-5-7-11-26/h5-21,32H,22-24H2,1-4H3,(H,38,42). The monoisotopic (exact) mass is 649 g/mol. The SMILES string of the molecule is Cc1ccc(S(=O)(=O)N(CC(=O)N(Cc2ccc(F)cc2)C(Cc2ccccc2)C(=O)NC(C)(C)C)c2ccccc2Cl)cc1. The summed E-state index contributed by atoms with van der Waals surface area (Å²) in [6.45, 7) is 6.64. The fourth-order valence-corrected chi connectivity index (χ4v) is 6.52. The Bertz CT molecular complexity index is 1730. The van der Waals surface area contributed by atoms with Crippen molar-refractivity contribution in [1.82, 2.24) is 10.2 Å². The average Bonchev–Trinajstić information content (AvgIpc) is 2.99. The largest absolute Gasteiger partial charge is 0.350 e. The Labute approximate surface area is 269 Å². The molecule has 1 N–H and O–H groups in total. The molecule has 1 unspecified atom stereocenters. The summed E-state index contributed by atoms with van der Waals surface area (Å²) in [6.07, 6.45) is 0.159. The van der Waals surface area contributed by atoms with Crippen LogP contribution < -0.4 is 9.62 Å². The van der Waals surface area contributed by atoms with Gasteiger partial charge < -0.3 is 10.2 Å². The van der Waals surface area contributed by atoms with E-state index in [4.69, 9.17) is 11.6 Å². The molecule has 45 heavy (non-hydrogen) atoms. The highest BCUT2D eigenvalue weighted by Gasteiger charge is 2.36. The molecule has 4 aromatic rings. The molecule has 2 amide bonds. The fraction of sp³-hybridized carbons (Fsp3) is 0.257. The summed E-state index contributed by atoms with van der Waals surface area (Å²) in [5.41, 5.74) is 1.74. The maximum Gasteiger partial charge on any atom is 0.264 e. The lowest BCUT2D eigenvalue weighted by atomic mass is 10.0. The smallest absolute Gasteiger partial charge is 0.264 e. The summed E-state index contributed by atoms with van der Waals surface area (Å²) < 4.78 is 43.0. The molecular formula is C35H37ClFN3O4S. The molecule has 4 rings (SSSR count). The van der Waals surface area contributed by atoms with Gasteiger partial charge >= 0.3 is 0 Å². The predicted octanol–water partition coefficient (Wildman–Crippen LogP) is 6.54. The Hall–Kier alpha value is -4.21. The average molecular weight is 650 g/mol. The molecule has 0 aliphatic heterocycles. The van der Waals surface area contributed by atoms with Crippen LogP contribution >= 0.6 is 11.6 Å². The summed E-state index contributed by atoms with van der Waals surface area (Å²) >= 11 is 6.51. The molecule has 4 aromatic carbocycles. The molecule has 0 aromatic heterocycles. The highest BCUT2D eigenvalue weighted by Crippen LogP contribution is 2.31. The molecule has 0 fully saturated rings. The Balaban J connectivity index is 1.82. The van der Waals surface area contributed by atoms with Gasteiger partial charge in [-0.1, -0.05) is 83.9 Å². The van der Waals surface area contributed by atoms with Gasteiger partial charge in [0.15, 0.2) is 0 Å². The Morgan fingerprint density at radius 3 is 2.04 bits per heavy atom. The molecule has 0 saturated heterocycles. The van der Waals surface area contributed by atoms with E-state index in [0.29, 0.717) is 5.56 Å². The second kappa shape index (κ2) is 14.3. The van der Waals surface area contributed by atoms with Gasteiger partial charge in [-0.25, -0.2) is 12.8 Å². The lowest BCUT2D eigenvalue weighted by molar-refractivity contribution is -0.140. The normalized spacial score (nSPS) is 12.3. The quantitative estimate of drug-likeness (QED) is 0.200. The first-order valence-electron chi connectivity index (χ1n) is 14.5. The molecule has 7 nitrogen and oxygen atoms in total. The van der Waals surface area contributed by atoms with Gasteiger partial charge in [-0.05, 0) is 75.2 Å². The van der Waals surface area contributed by atoms with Crippen LogP contribution in [0.2, 0.25) is 5.02 Å². The van der Waals surface area contributed by atoms with Gasteiger partial charge in [0.1, 0.15) is 18.4 Å². The number of para-hydroxylation sites is 1. The van der Waals surface area contributed by atoms with Crippen molar-refractivity contribution in [2.24, 2.45) is 0 Å². The van der Waals surface area contributed by atoms with Crippen LogP contribution in [-0.4, -0.2) is 43.3 Å². The third-order valence-corrected chi connectivity index (χ3v) is 9.14. The summed E-state index contributed by atoms with van der Waals surface area (Å²) in [4.78, 5) is 29.7. The maximum absolute atomic E-state index is 14.5. The van der Waals surface area contributed by atoms with Crippen LogP contribution in [0.1, 0.15) is 37.5 Å². The minimum atomic E-state index is -4.28. The number of carbonyl (C=O) groups is 2. The first kappa shape index (κ1) is 33.7. The van der Waals surface area contributed by atoms with E-state index in [9.17, 15) is 22.4 Å². The van der Waals surface area contributed by atoms with Gasteiger partial charge in [0.25, 0.3) is 10.0 Å². The summed E-state index contributed by atoms with van der Waals surface area (Å²) in [5.74, 6) is -1.50. The van der Waals surface area contributed by atoms with Crippen molar-refractivity contribution < 1.29 is 22.4 Å². The fourth-order valence-electron chi connectivity index (χ4n) is 4.80. The number of sulfonamides is 1.